The summed E-state index contributed by atoms with van der Waals surface area (Å²) in [7, 11) is 0. The second-order valence-electron chi connectivity index (χ2n) is 3.93. The largest absolute Gasteiger partial charge is 0.456 e. The lowest BCUT2D eigenvalue weighted by Crippen LogP contribution is -2.50. The van der Waals surface area contributed by atoms with Gasteiger partial charge in [-0.1, -0.05) is 6.42 Å². The zero-order chi connectivity index (χ0) is 11.5. The van der Waals surface area contributed by atoms with Crippen LogP contribution in [0.25, 0.3) is 0 Å². The third-order valence-corrected chi connectivity index (χ3v) is 2.97. The van der Waals surface area contributed by atoms with E-state index >= 15 is 0 Å². The van der Waals surface area contributed by atoms with E-state index in [1.165, 1.54) is 6.92 Å². The molecule has 15 heavy (non-hydrogen) atoms. The lowest BCUT2D eigenvalue weighted by atomic mass is 9.81. The van der Waals surface area contributed by atoms with Gasteiger partial charge in [0.25, 0.3) is 5.24 Å². The Morgan fingerprint density at radius 3 is 2.27 bits per heavy atom. The van der Waals surface area contributed by atoms with Crippen molar-refractivity contribution in [3.05, 3.63) is 0 Å². The molecule has 1 aliphatic carbocycles. The number of aliphatic hydroxyl groups excluding tert-OH is 1. The Morgan fingerprint density at radius 1 is 1.33 bits per heavy atom. The van der Waals surface area contributed by atoms with Gasteiger partial charge >= 0.3 is 5.97 Å². The zero-order valence-electron chi connectivity index (χ0n) is 8.66. The first kappa shape index (κ1) is 12.5. The van der Waals surface area contributed by atoms with E-state index in [4.69, 9.17) is 16.3 Å². The lowest BCUT2D eigenvalue weighted by Gasteiger charge is -2.38. The molecule has 86 valence electrons. The summed E-state index contributed by atoms with van der Waals surface area (Å²) in [6.45, 7) is 1.27. The first-order valence-corrected chi connectivity index (χ1v) is 5.43. The number of hydrogen-bond donors (Lipinski definition) is 1. The monoisotopic (exact) mass is 234 g/mol. The SMILES string of the molecule is CC(=O)OC1([C@H](O)C(=O)Cl)CCCCC1. The van der Waals surface area contributed by atoms with E-state index in [9.17, 15) is 14.7 Å². The Balaban J connectivity index is 2.83. The summed E-state index contributed by atoms with van der Waals surface area (Å²) in [6.07, 6.45) is 2.25. The molecule has 0 heterocycles. The van der Waals surface area contributed by atoms with Crippen molar-refractivity contribution in [2.45, 2.75) is 50.7 Å². The molecule has 1 fully saturated rings. The zero-order valence-corrected chi connectivity index (χ0v) is 9.42. The highest BCUT2D eigenvalue weighted by molar-refractivity contribution is 6.64. The van der Waals surface area contributed by atoms with Gasteiger partial charge in [0.2, 0.25) is 0 Å². The van der Waals surface area contributed by atoms with Gasteiger partial charge in [-0.15, -0.1) is 0 Å². The van der Waals surface area contributed by atoms with Crippen LogP contribution in [0.4, 0.5) is 0 Å². The molecule has 1 saturated carbocycles. The van der Waals surface area contributed by atoms with Crippen LogP contribution in [0.5, 0.6) is 0 Å². The fraction of sp³-hybridized carbons (Fsp3) is 0.800. The van der Waals surface area contributed by atoms with Crippen LogP contribution in [0.2, 0.25) is 0 Å². The van der Waals surface area contributed by atoms with Gasteiger partial charge in [-0.05, 0) is 37.3 Å². The number of carbonyl (C=O) groups excluding carboxylic acids is 2. The molecule has 0 radical (unpaired) electrons. The molecule has 1 rings (SSSR count). The van der Waals surface area contributed by atoms with E-state index in [0.717, 1.165) is 19.3 Å². The quantitative estimate of drug-likeness (QED) is 0.592. The summed E-state index contributed by atoms with van der Waals surface area (Å²) in [4.78, 5) is 21.9. The molecule has 1 atom stereocenters. The molecule has 1 N–H and O–H groups in total. The number of esters is 1. The van der Waals surface area contributed by atoms with Crippen LogP contribution < -0.4 is 0 Å². The van der Waals surface area contributed by atoms with Crippen molar-refractivity contribution in [2.24, 2.45) is 0 Å². The Labute approximate surface area is 93.6 Å². The smallest absolute Gasteiger partial charge is 0.303 e. The molecule has 4 nitrogen and oxygen atoms in total. The van der Waals surface area contributed by atoms with Crippen molar-refractivity contribution in [1.29, 1.82) is 0 Å². The van der Waals surface area contributed by atoms with Crippen LogP contribution in [0.1, 0.15) is 39.0 Å². The highest BCUT2D eigenvalue weighted by Gasteiger charge is 2.45. The van der Waals surface area contributed by atoms with Crippen molar-refractivity contribution in [3.63, 3.8) is 0 Å². The molecule has 0 aliphatic heterocycles. The molecule has 0 spiro atoms. The highest BCUT2D eigenvalue weighted by atomic mass is 35.5. The van der Waals surface area contributed by atoms with Crippen molar-refractivity contribution in [1.82, 2.24) is 0 Å². The first-order valence-electron chi connectivity index (χ1n) is 5.05. The predicted molar refractivity (Wildman–Crippen MR) is 54.4 cm³/mol. The molecular formula is C10H15ClO4. The molecule has 0 amide bonds. The van der Waals surface area contributed by atoms with E-state index in [1.54, 1.807) is 0 Å². The number of ether oxygens (including phenoxy) is 1. The number of rotatable bonds is 3. The van der Waals surface area contributed by atoms with Crippen LogP contribution in [0.15, 0.2) is 0 Å². The number of halogens is 1. The van der Waals surface area contributed by atoms with Crippen LogP contribution in [0.3, 0.4) is 0 Å². The fourth-order valence-electron chi connectivity index (χ4n) is 2.07. The van der Waals surface area contributed by atoms with E-state index in [2.05, 4.69) is 0 Å². The number of aliphatic hydroxyl groups is 1. The second-order valence-corrected chi connectivity index (χ2v) is 4.30. The van der Waals surface area contributed by atoms with Gasteiger partial charge in [-0.3, -0.25) is 9.59 Å². The molecule has 0 aromatic heterocycles. The van der Waals surface area contributed by atoms with Gasteiger partial charge < -0.3 is 9.84 Å². The molecule has 0 aromatic rings. The predicted octanol–water partition coefficient (Wildman–Crippen LogP) is 1.38. The Morgan fingerprint density at radius 2 is 1.87 bits per heavy atom. The standard InChI is InChI=1S/C10H15ClO4/c1-7(12)15-10(8(13)9(11)14)5-3-2-4-6-10/h8,13H,2-6H2,1H3/t8-/m1/s1. The summed E-state index contributed by atoms with van der Waals surface area (Å²) in [5.74, 6) is -0.492. The van der Waals surface area contributed by atoms with Gasteiger partial charge in [0.05, 0.1) is 0 Å². The van der Waals surface area contributed by atoms with Gasteiger partial charge in [-0.2, -0.15) is 0 Å². The second kappa shape index (κ2) is 4.94. The maximum atomic E-state index is 11.0. The van der Waals surface area contributed by atoms with E-state index < -0.39 is 22.9 Å². The summed E-state index contributed by atoms with van der Waals surface area (Å²) >= 11 is 5.25. The van der Waals surface area contributed by atoms with Gasteiger partial charge in [0, 0.05) is 6.92 Å². The van der Waals surface area contributed by atoms with Gasteiger partial charge in [0.1, 0.15) is 5.60 Å². The van der Waals surface area contributed by atoms with E-state index in [0.29, 0.717) is 12.8 Å². The van der Waals surface area contributed by atoms with Gasteiger partial charge in [-0.25, -0.2) is 0 Å². The molecule has 0 bridgehead atoms. The first-order chi connectivity index (χ1) is 6.98. The van der Waals surface area contributed by atoms with Crippen molar-refractivity contribution in [2.75, 3.05) is 0 Å². The minimum absolute atomic E-state index is 0.492. The maximum absolute atomic E-state index is 11.0. The van der Waals surface area contributed by atoms with Gasteiger partial charge in [0.15, 0.2) is 6.10 Å². The van der Waals surface area contributed by atoms with Crippen molar-refractivity contribution < 1.29 is 19.4 Å². The normalized spacial score (nSPS) is 21.8. The molecule has 0 saturated heterocycles. The molecule has 5 heteroatoms. The summed E-state index contributed by atoms with van der Waals surface area (Å²) < 4.78 is 5.11. The van der Waals surface area contributed by atoms with Crippen LogP contribution in [0, 0.1) is 0 Å². The summed E-state index contributed by atoms with van der Waals surface area (Å²) in [5.41, 5.74) is -1.09. The molecule has 0 unspecified atom stereocenters. The number of hydrogen-bond acceptors (Lipinski definition) is 4. The minimum Gasteiger partial charge on any atom is -0.456 e. The Hall–Kier alpha value is -0.610. The average Bonchev–Trinajstić information content (AvgIpc) is 2.16. The van der Waals surface area contributed by atoms with E-state index in [-0.39, 0.29) is 0 Å². The van der Waals surface area contributed by atoms with E-state index in [1.807, 2.05) is 0 Å². The van der Waals surface area contributed by atoms with Crippen molar-refractivity contribution in [3.8, 4) is 0 Å². The maximum Gasteiger partial charge on any atom is 0.303 e. The van der Waals surface area contributed by atoms with Crippen LogP contribution in [-0.2, 0) is 14.3 Å². The molecule has 0 aromatic carbocycles. The fourth-order valence-corrected chi connectivity index (χ4v) is 2.27. The average molecular weight is 235 g/mol. The molecule has 1 aliphatic rings. The Kier molecular flexibility index (Phi) is 4.11. The lowest BCUT2D eigenvalue weighted by molar-refractivity contribution is -0.177. The Bertz CT molecular complexity index is 258. The highest BCUT2D eigenvalue weighted by Crippen LogP contribution is 2.35. The summed E-state index contributed by atoms with van der Waals surface area (Å²) in [6, 6.07) is 0. The molecular weight excluding hydrogens is 220 g/mol. The summed E-state index contributed by atoms with van der Waals surface area (Å²) in [5, 5.41) is 8.83. The third kappa shape index (κ3) is 2.92. The van der Waals surface area contributed by atoms with Crippen LogP contribution >= 0.6 is 11.6 Å². The number of carbonyl (C=O) groups is 2. The van der Waals surface area contributed by atoms with Crippen LogP contribution in [-0.4, -0.2) is 28.0 Å². The third-order valence-electron chi connectivity index (χ3n) is 2.76. The van der Waals surface area contributed by atoms with Crippen molar-refractivity contribution >= 4 is 22.8 Å². The minimum atomic E-state index is -1.41. The topological polar surface area (TPSA) is 63.6 Å².